The number of hydrogen-bond donors (Lipinski definition) is 1. The number of rotatable bonds is 8. The van der Waals surface area contributed by atoms with Crippen molar-refractivity contribution in [1.29, 1.82) is 0 Å². The van der Waals surface area contributed by atoms with Gasteiger partial charge in [0.1, 0.15) is 18.0 Å². The first-order chi connectivity index (χ1) is 15.2. The third-order valence-electron chi connectivity index (χ3n) is 4.74. The third kappa shape index (κ3) is 5.57. The largest absolute Gasteiger partial charge is 0.471 e. The SMILES string of the molecule is O=C(NCc1ccc(F)cc1)c1cn(Cc2ccccc2)nc1OCc1ccccc1. The Morgan fingerprint density at radius 1 is 0.871 bits per heavy atom. The number of benzene rings is 3. The molecule has 0 bridgehead atoms. The van der Waals surface area contributed by atoms with Gasteiger partial charge in [0, 0.05) is 12.7 Å². The second kappa shape index (κ2) is 9.71. The highest BCUT2D eigenvalue weighted by Gasteiger charge is 2.18. The summed E-state index contributed by atoms with van der Waals surface area (Å²) in [6.07, 6.45) is 1.69. The lowest BCUT2D eigenvalue weighted by Gasteiger charge is -2.07. The number of ether oxygens (including phenoxy) is 1. The Labute approximate surface area is 180 Å². The van der Waals surface area contributed by atoms with Crippen LogP contribution in [0.4, 0.5) is 4.39 Å². The Kier molecular flexibility index (Phi) is 6.38. The van der Waals surface area contributed by atoms with Crippen molar-refractivity contribution in [2.45, 2.75) is 19.7 Å². The Morgan fingerprint density at radius 2 is 1.52 bits per heavy atom. The molecule has 0 fully saturated rings. The highest BCUT2D eigenvalue weighted by molar-refractivity contribution is 5.96. The number of amides is 1. The van der Waals surface area contributed by atoms with Gasteiger partial charge in [0.25, 0.3) is 5.91 Å². The molecule has 4 aromatic rings. The van der Waals surface area contributed by atoms with Crippen molar-refractivity contribution >= 4 is 5.91 Å². The first kappa shape index (κ1) is 20.3. The Hall–Kier alpha value is -3.93. The predicted octanol–water partition coefficient (Wildman–Crippen LogP) is 4.58. The first-order valence-electron chi connectivity index (χ1n) is 9.98. The van der Waals surface area contributed by atoms with E-state index in [1.165, 1.54) is 12.1 Å². The Bertz CT molecular complexity index is 1130. The maximum Gasteiger partial charge on any atom is 0.258 e. The van der Waals surface area contributed by atoms with Gasteiger partial charge < -0.3 is 10.1 Å². The second-order valence-corrected chi connectivity index (χ2v) is 7.11. The van der Waals surface area contributed by atoms with Crippen LogP contribution in [0.5, 0.6) is 5.88 Å². The van der Waals surface area contributed by atoms with Crippen LogP contribution in [0.15, 0.2) is 91.1 Å². The average molecular weight is 415 g/mol. The highest BCUT2D eigenvalue weighted by atomic mass is 19.1. The summed E-state index contributed by atoms with van der Waals surface area (Å²) in [6.45, 7) is 1.11. The molecule has 0 spiro atoms. The zero-order valence-corrected chi connectivity index (χ0v) is 16.9. The van der Waals surface area contributed by atoms with E-state index in [0.29, 0.717) is 18.7 Å². The van der Waals surface area contributed by atoms with Crippen molar-refractivity contribution in [3.05, 3.63) is 119 Å². The van der Waals surface area contributed by atoms with Crippen molar-refractivity contribution in [2.24, 2.45) is 0 Å². The van der Waals surface area contributed by atoms with E-state index in [-0.39, 0.29) is 24.1 Å². The summed E-state index contributed by atoms with van der Waals surface area (Å²) in [5, 5.41) is 7.35. The summed E-state index contributed by atoms with van der Waals surface area (Å²) in [5.41, 5.74) is 3.21. The van der Waals surface area contributed by atoms with Gasteiger partial charge in [-0.25, -0.2) is 4.39 Å². The van der Waals surface area contributed by atoms with E-state index in [0.717, 1.165) is 16.7 Å². The van der Waals surface area contributed by atoms with Gasteiger partial charge in [0.05, 0.1) is 6.54 Å². The summed E-state index contributed by atoms with van der Waals surface area (Å²) < 4.78 is 20.7. The summed E-state index contributed by atoms with van der Waals surface area (Å²) in [6, 6.07) is 25.6. The minimum atomic E-state index is -0.311. The van der Waals surface area contributed by atoms with Crippen LogP contribution in [0, 0.1) is 5.82 Å². The van der Waals surface area contributed by atoms with Crippen LogP contribution in [0.2, 0.25) is 0 Å². The van der Waals surface area contributed by atoms with E-state index in [1.54, 1.807) is 23.0 Å². The molecule has 0 atom stereocenters. The van der Waals surface area contributed by atoms with E-state index in [4.69, 9.17) is 4.74 Å². The standard InChI is InChI=1S/C25H22FN3O2/c26-22-13-11-19(12-14-22)15-27-24(30)23-17-29(16-20-7-3-1-4-8-20)28-25(23)31-18-21-9-5-2-6-10-21/h1-14,17H,15-16,18H2,(H,27,30). The number of nitrogens with one attached hydrogen (secondary N) is 1. The molecule has 1 heterocycles. The molecule has 6 heteroatoms. The molecular weight excluding hydrogens is 393 g/mol. The molecule has 31 heavy (non-hydrogen) atoms. The van der Waals surface area contributed by atoms with Crippen LogP contribution < -0.4 is 10.1 Å². The molecule has 0 saturated carbocycles. The minimum absolute atomic E-state index is 0.274. The van der Waals surface area contributed by atoms with Gasteiger partial charge in [-0.1, -0.05) is 72.8 Å². The van der Waals surface area contributed by atoms with Gasteiger partial charge >= 0.3 is 0 Å². The van der Waals surface area contributed by atoms with Crippen molar-refractivity contribution in [2.75, 3.05) is 0 Å². The molecule has 1 N–H and O–H groups in total. The quantitative estimate of drug-likeness (QED) is 0.458. The molecule has 0 aliphatic heterocycles. The van der Waals surface area contributed by atoms with E-state index < -0.39 is 0 Å². The molecule has 156 valence electrons. The van der Waals surface area contributed by atoms with Crippen LogP contribution in [-0.2, 0) is 19.7 Å². The van der Waals surface area contributed by atoms with E-state index in [1.807, 2.05) is 60.7 Å². The van der Waals surface area contributed by atoms with Gasteiger partial charge in [0.2, 0.25) is 5.88 Å². The third-order valence-corrected chi connectivity index (χ3v) is 4.74. The van der Waals surface area contributed by atoms with E-state index in [2.05, 4.69) is 10.4 Å². The van der Waals surface area contributed by atoms with Gasteiger partial charge in [-0.05, 0) is 28.8 Å². The van der Waals surface area contributed by atoms with Gasteiger partial charge in [-0.3, -0.25) is 9.48 Å². The highest BCUT2D eigenvalue weighted by Crippen LogP contribution is 2.19. The zero-order valence-electron chi connectivity index (χ0n) is 16.9. The molecule has 4 rings (SSSR count). The zero-order chi connectivity index (χ0) is 21.5. The molecule has 5 nitrogen and oxygen atoms in total. The van der Waals surface area contributed by atoms with Gasteiger partial charge in [-0.15, -0.1) is 5.10 Å². The average Bonchev–Trinajstić information content (AvgIpc) is 3.21. The molecular formula is C25H22FN3O2. The van der Waals surface area contributed by atoms with Gasteiger partial charge in [-0.2, -0.15) is 0 Å². The van der Waals surface area contributed by atoms with Crippen LogP contribution >= 0.6 is 0 Å². The van der Waals surface area contributed by atoms with Crippen LogP contribution in [-0.4, -0.2) is 15.7 Å². The van der Waals surface area contributed by atoms with Crippen molar-refractivity contribution in [3.8, 4) is 5.88 Å². The maximum absolute atomic E-state index is 13.1. The normalized spacial score (nSPS) is 10.6. The van der Waals surface area contributed by atoms with Crippen LogP contribution in [0.1, 0.15) is 27.0 Å². The fourth-order valence-electron chi connectivity index (χ4n) is 3.12. The second-order valence-electron chi connectivity index (χ2n) is 7.11. The summed E-state index contributed by atoms with van der Waals surface area (Å²) in [5.74, 6) is -0.336. The van der Waals surface area contributed by atoms with Crippen molar-refractivity contribution in [1.82, 2.24) is 15.1 Å². The predicted molar refractivity (Wildman–Crippen MR) is 116 cm³/mol. The topological polar surface area (TPSA) is 56.2 Å². The fraction of sp³-hybridized carbons (Fsp3) is 0.120. The first-order valence-corrected chi connectivity index (χ1v) is 9.98. The number of aromatic nitrogens is 2. The van der Waals surface area contributed by atoms with Crippen LogP contribution in [0.25, 0.3) is 0 Å². The van der Waals surface area contributed by atoms with Gasteiger partial charge in [0.15, 0.2) is 0 Å². The lowest BCUT2D eigenvalue weighted by atomic mass is 10.2. The number of nitrogens with zero attached hydrogens (tertiary/aromatic N) is 2. The molecule has 3 aromatic carbocycles. The smallest absolute Gasteiger partial charge is 0.258 e. The molecule has 1 aromatic heterocycles. The van der Waals surface area contributed by atoms with Crippen molar-refractivity contribution in [3.63, 3.8) is 0 Å². The number of carbonyl (C=O) groups is 1. The molecule has 0 unspecified atom stereocenters. The summed E-state index contributed by atoms with van der Waals surface area (Å²) in [4.78, 5) is 12.9. The van der Waals surface area contributed by atoms with E-state index >= 15 is 0 Å². The van der Waals surface area contributed by atoms with Crippen LogP contribution in [0.3, 0.4) is 0 Å². The molecule has 0 aliphatic rings. The Morgan fingerprint density at radius 3 is 2.19 bits per heavy atom. The Balaban J connectivity index is 1.51. The number of hydrogen-bond acceptors (Lipinski definition) is 3. The monoisotopic (exact) mass is 415 g/mol. The molecule has 0 radical (unpaired) electrons. The summed E-state index contributed by atoms with van der Waals surface area (Å²) >= 11 is 0. The fourth-order valence-corrected chi connectivity index (χ4v) is 3.12. The summed E-state index contributed by atoms with van der Waals surface area (Å²) in [7, 11) is 0. The van der Waals surface area contributed by atoms with Crippen molar-refractivity contribution < 1.29 is 13.9 Å². The lowest BCUT2D eigenvalue weighted by molar-refractivity contribution is 0.0946. The maximum atomic E-state index is 13.1. The minimum Gasteiger partial charge on any atom is -0.471 e. The number of halogens is 1. The lowest BCUT2D eigenvalue weighted by Crippen LogP contribution is -2.23. The van der Waals surface area contributed by atoms with E-state index in [9.17, 15) is 9.18 Å². The number of carbonyl (C=O) groups excluding carboxylic acids is 1. The molecule has 1 amide bonds. The molecule has 0 saturated heterocycles. The molecule has 0 aliphatic carbocycles.